The minimum atomic E-state index is -1.03. The molecule has 0 atom stereocenters. The summed E-state index contributed by atoms with van der Waals surface area (Å²) in [5.74, 6) is -0.544. The first-order chi connectivity index (χ1) is 18.6. The number of hydrogen-bond donors (Lipinski definition) is 1. The SMILES string of the molecule is C/C(=N\C(=C(/CCCF)c1ccccc1)c1ccccc1)c1ccccc1-c1cccc(OCC(=O)O)c1. The second kappa shape index (κ2) is 13.2. The molecule has 0 aliphatic heterocycles. The maximum absolute atomic E-state index is 13.3. The number of aliphatic carboxylic acids is 1. The smallest absolute Gasteiger partial charge is 0.341 e. The highest BCUT2D eigenvalue weighted by atomic mass is 19.1. The Morgan fingerprint density at radius 1 is 0.842 bits per heavy atom. The van der Waals surface area contributed by atoms with E-state index in [1.165, 1.54) is 0 Å². The topological polar surface area (TPSA) is 58.9 Å². The summed E-state index contributed by atoms with van der Waals surface area (Å²) in [6.07, 6.45) is 0.973. The molecule has 0 saturated heterocycles. The van der Waals surface area contributed by atoms with Crippen molar-refractivity contribution >= 4 is 23.0 Å². The Kier molecular flexibility index (Phi) is 9.19. The van der Waals surface area contributed by atoms with Gasteiger partial charge < -0.3 is 9.84 Å². The Morgan fingerprint density at radius 2 is 1.50 bits per heavy atom. The lowest BCUT2D eigenvalue weighted by Gasteiger charge is -2.16. The number of allylic oxidation sites excluding steroid dienone is 1. The predicted octanol–water partition coefficient (Wildman–Crippen LogP) is 7.94. The Bertz CT molecular complexity index is 1430. The lowest BCUT2D eigenvalue weighted by molar-refractivity contribution is -0.139. The molecule has 0 aromatic heterocycles. The Balaban J connectivity index is 1.84. The average Bonchev–Trinajstić information content (AvgIpc) is 2.96. The number of nitrogens with zero attached hydrogens (tertiary/aromatic N) is 1. The summed E-state index contributed by atoms with van der Waals surface area (Å²) in [7, 11) is 0. The van der Waals surface area contributed by atoms with Crippen LogP contribution in [-0.2, 0) is 4.79 Å². The second-order valence-corrected chi connectivity index (χ2v) is 8.80. The molecule has 4 aromatic rings. The van der Waals surface area contributed by atoms with Gasteiger partial charge in [-0.25, -0.2) is 4.79 Å². The molecule has 0 bridgehead atoms. The molecule has 4 nitrogen and oxygen atoms in total. The lowest BCUT2D eigenvalue weighted by Crippen LogP contribution is -2.09. The third-order valence-electron chi connectivity index (χ3n) is 6.12. The largest absolute Gasteiger partial charge is 0.482 e. The van der Waals surface area contributed by atoms with E-state index in [9.17, 15) is 9.18 Å². The molecular formula is C33H30FNO3. The number of carboxylic acids is 1. The van der Waals surface area contributed by atoms with Gasteiger partial charge in [0.1, 0.15) is 5.75 Å². The highest BCUT2D eigenvalue weighted by Crippen LogP contribution is 2.33. The van der Waals surface area contributed by atoms with Gasteiger partial charge in [0.15, 0.2) is 6.61 Å². The van der Waals surface area contributed by atoms with E-state index in [1.54, 1.807) is 6.07 Å². The molecule has 5 heteroatoms. The molecule has 4 aromatic carbocycles. The number of rotatable bonds is 11. The number of carboxylic acid groups (broad SMARTS) is 1. The van der Waals surface area contributed by atoms with E-state index in [1.807, 2.05) is 110 Å². The van der Waals surface area contributed by atoms with Crippen LogP contribution in [-0.4, -0.2) is 30.1 Å². The third-order valence-corrected chi connectivity index (χ3v) is 6.12. The van der Waals surface area contributed by atoms with Crippen LogP contribution in [0.15, 0.2) is 114 Å². The molecule has 4 rings (SSSR count). The van der Waals surface area contributed by atoms with Gasteiger partial charge in [0, 0.05) is 16.8 Å². The zero-order valence-electron chi connectivity index (χ0n) is 21.3. The predicted molar refractivity (Wildman–Crippen MR) is 152 cm³/mol. The van der Waals surface area contributed by atoms with Gasteiger partial charge in [0.25, 0.3) is 0 Å². The highest BCUT2D eigenvalue weighted by Gasteiger charge is 2.14. The van der Waals surface area contributed by atoms with Gasteiger partial charge in [-0.15, -0.1) is 0 Å². The van der Waals surface area contributed by atoms with E-state index in [0.29, 0.717) is 18.6 Å². The first-order valence-electron chi connectivity index (χ1n) is 12.6. The molecule has 0 fully saturated rings. The Morgan fingerprint density at radius 3 is 2.18 bits per heavy atom. The molecule has 0 unspecified atom stereocenters. The van der Waals surface area contributed by atoms with Gasteiger partial charge in [-0.1, -0.05) is 97.1 Å². The van der Waals surface area contributed by atoms with Crippen molar-refractivity contribution in [1.82, 2.24) is 0 Å². The van der Waals surface area contributed by atoms with Crippen molar-refractivity contribution < 1.29 is 19.0 Å². The third kappa shape index (κ3) is 6.83. The average molecular weight is 508 g/mol. The quantitative estimate of drug-likeness (QED) is 0.166. The van der Waals surface area contributed by atoms with Gasteiger partial charge in [-0.05, 0) is 54.2 Å². The van der Waals surface area contributed by atoms with Crippen molar-refractivity contribution in [1.29, 1.82) is 0 Å². The van der Waals surface area contributed by atoms with Crippen LogP contribution >= 0.6 is 0 Å². The van der Waals surface area contributed by atoms with Crippen molar-refractivity contribution in [3.63, 3.8) is 0 Å². The fourth-order valence-corrected chi connectivity index (χ4v) is 4.36. The van der Waals surface area contributed by atoms with Gasteiger partial charge >= 0.3 is 5.97 Å². The van der Waals surface area contributed by atoms with Crippen LogP contribution in [0.2, 0.25) is 0 Å². The summed E-state index contributed by atoms with van der Waals surface area (Å²) in [5.41, 5.74) is 7.39. The summed E-state index contributed by atoms with van der Waals surface area (Å²) in [6.45, 7) is 1.17. The molecule has 0 heterocycles. The summed E-state index contributed by atoms with van der Waals surface area (Å²) in [5, 5.41) is 8.97. The molecule has 0 aliphatic carbocycles. The zero-order chi connectivity index (χ0) is 26.7. The number of ether oxygens (including phenoxy) is 1. The van der Waals surface area contributed by atoms with E-state index >= 15 is 0 Å². The molecule has 1 N–H and O–H groups in total. The minimum Gasteiger partial charge on any atom is -0.482 e. The first-order valence-corrected chi connectivity index (χ1v) is 12.6. The molecule has 0 spiro atoms. The molecule has 38 heavy (non-hydrogen) atoms. The van der Waals surface area contributed by atoms with Gasteiger partial charge in [0.05, 0.1) is 12.4 Å². The van der Waals surface area contributed by atoms with Crippen molar-refractivity contribution in [2.75, 3.05) is 13.3 Å². The normalized spacial score (nSPS) is 12.1. The van der Waals surface area contributed by atoms with Crippen LogP contribution in [0.25, 0.3) is 22.4 Å². The zero-order valence-corrected chi connectivity index (χ0v) is 21.3. The summed E-state index contributed by atoms with van der Waals surface area (Å²) in [4.78, 5) is 16.1. The number of aliphatic imine (C=N–C) groups is 1. The first kappa shape index (κ1) is 26.6. The maximum Gasteiger partial charge on any atom is 0.341 e. The molecule has 0 aliphatic rings. The number of halogens is 1. The fourth-order valence-electron chi connectivity index (χ4n) is 4.36. The molecule has 0 radical (unpaired) electrons. The summed E-state index contributed by atoms with van der Waals surface area (Å²) < 4.78 is 18.7. The van der Waals surface area contributed by atoms with Gasteiger partial charge in [-0.2, -0.15) is 0 Å². The fraction of sp³-hybridized carbons (Fsp3) is 0.152. The van der Waals surface area contributed by atoms with E-state index < -0.39 is 19.3 Å². The number of alkyl halides is 1. The standard InChI is InChI=1S/C33H30FNO3/c1-24(29-18-8-9-19-30(29)27-16-10-17-28(22-27)38-23-32(36)37)35-33(26-14-6-3-7-15-26)31(20-11-21-34)25-12-4-2-5-13-25/h2-10,12-19,22H,11,20-21,23H2,1H3,(H,36,37)/b33-31+,35-24+. The van der Waals surface area contributed by atoms with E-state index in [4.69, 9.17) is 14.8 Å². The summed E-state index contributed by atoms with van der Waals surface area (Å²) >= 11 is 0. The second-order valence-electron chi connectivity index (χ2n) is 8.80. The van der Waals surface area contributed by atoms with Crippen LogP contribution in [0.1, 0.15) is 36.5 Å². The number of carbonyl (C=O) groups is 1. The maximum atomic E-state index is 13.3. The molecule has 0 amide bonds. The van der Waals surface area contributed by atoms with Gasteiger partial charge in [-0.3, -0.25) is 9.38 Å². The lowest BCUT2D eigenvalue weighted by atomic mass is 9.94. The Hall–Kier alpha value is -4.51. The van der Waals surface area contributed by atoms with Crippen molar-refractivity contribution in [2.45, 2.75) is 19.8 Å². The van der Waals surface area contributed by atoms with E-state index in [0.717, 1.165) is 44.8 Å². The number of hydrogen-bond acceptors (Lipinski definition) is 3. The molecular weight excluding hydrogens is 477 g/mol. The van der Waals surface area contributed by atoms with E-state index in [-0.39, 0.29) is 0 Å². The van der Waals surface area contributed by atoms with Crippen LogP contribution in [0.4, 0.5) is 4.39 Å². The summed E-state index contributed by atoms with van der Waals surface area (Å²) in [6, 6.07) is 35.3. The molecule has 192 valence electrons. The van der Waals surface area contributed by atoms with Gasteiger partial charge in [0.2, 0.25) is 0 Å². The van der Waals surface area contributed by atoms with E-state index in [2.05, 4.69) is 0 Å². The number of benzene rings is 4. The molecule has 0 saturated carbocycles. The van der Waals surface area contributed by atoms with Crippen LogP contribution < -0.4 is 4.74 Å². The van der Waals surface area contributed by atoms with Crippen LogP contribution in [0, 0.1) is 0 Å². The van der Waals surface area contributed by atoms with Crippen molar-refractivity contribution in [2.24, 2.45) is 4.99 Å². The van der Waals surface area contributed by atoms with Crippen molar-refractivity contribution in [3.8, 4) is 16.9 Å². The van der Waals surface area contributed by atoms with Crippen LogP contribution in [0.5, 0.6) is 5.75 Å². The highest BCUT2D eigenvalue weighted by molar-refractivity contribution is 6.08. The minimum absolute atomic E-state index is 0.399. The van der Waals surface area contributed by atoms with Crippen LogP contribution in [0.3, 0.4) is 0 Å². The Labute approximate surface area is 222 Å². The van der Waals surface area contributed by atoms with Crippen molar-refractivity contribution in [3.05, 3.63) is 126 Å². The monoisotopic (exact) mass is 507 g/mol.